The normalized spacial score (nSPS) is 14.3. The topological polar surface area (TPSA) is 49.4 Å². The zero-order valence-electron chi connectivity index (χ0n) is 13.5. The van der Waals surface area contributed by atoms with Crippen LogP contribution < -0.4 is 10.2 Å². The molecule has 1 N–H and O–H groups in total. The Kier molecular flexibility index (Phi) is 4.10. The molecular weight excluding hydrogens is 351 g/mol. The minimum Gasteiger partial charge on any atom is -0.350 e. The zero-order chi connectivity index (χ0) is 18.1. The van der Waals surface area contributed by atoms with Crippen molar-refractivity contribution in [2.24, 2.45) is 0 Å². The number of imide groups is 1. The fraction of sp³-hybridized carbons (Fsp3) is 0. The van der Waals surface area contributed by atoms with Crippen LogP contribution in [0, 0.1) is 5.82 Å². The van der Waals surface area contributed by atoms with Gasteiger partial charge in [0, 0.05) is 10.6 Å². The number of hydrogen-bond donors (Lipinski definition) is 1. The summed E-state index contributed by atoms with van der Waals surface area (Å²) in [6.07, 6.45) is 0. The molecule has 1 aliphatic rings. The van der Waals surface area contributed by atoms with Crippen LogP contribution in [-0.4, -0.2) is 11.8 Å². The van der Waals surface area contributed by atoms with E-state index in [1.165, 1.54) is 29.5 Å². The molecule has 6 heteroatoms. The molecule has 1 aromatic heterocycles. The molecule has 0 spiro atoms. The summed E-state index contributed by atoms with van der Waals surface area (Å²) in [4.78, 5) is 27.6. The fourth-order valence-corrected chi connectivity index (χ4v) is 3.58. The van der Waals surface area contributed by atoms with Crippen molar-refractivity contribution in [2.75, 3.05) is 10.2 Å². The van der Waals surface area contributed by atoms with Gasteiger partial charge in [0.05, 0.1) is 11.3 Å². The summed E-state index contributed by atoms with van der Waals surface area (Å²) in [6, 6.07) is 18.4. The van der Waals surface area contributed by atoms with Gasteiger partial charge >= 0.3 is 0 Å². The highest BCUT2D eigenvalue weighted by Crippen LogP contribution is 2.36. The van der Waals surface area contributed by atoms with Crippen molar-refractivity contribution in [3.8, 4) is 0 Å². The Morgan fingerprint density at radius 1 is 0.846 bits per heavy atom. The van der Waals surface area contributed by atoms with Gasteiger partial charge < -0.3 is 5.32 Å². The van der Waals surface area contributed by atoms with E-state index < -0.39 is 17.6 Å². The Bertz CT molecular complexity index is 1010. The maximum absolute atomic E-state index is 14.2. The van der Waals surface area contributed by atoms with Crippen LogP contribution in [0.1, 0.15) is 4.88 Å². The maximum Gasteiger partial charge on any atom is 0.282 e. The second-order valence-electron chi connectivity index (χ2n) is 5.62. The third kappa shape index (κ3) is 2.70. The Morgan fingerprint density at radius 2 is 1.58 bits per heavy atom. The number of nitrogens with one attached hydrogen (secondary N) is 1. The van der Waals surface area contributed by atoms with Crippen LogP contribution >= 0.6 is 11.3 Å². The van der Waals surface area contributed by atoms with Crippen LogP contribution in [0.15, 0.2) is 77.8 Å². The van der Waals surface area contributed by atoms with Crippen LogP contribution in [0.5, 0.6) is 0 Å². The molecule has 0 bridgehead atoms. The monoisotopic (exact) mass is 364 g/mol. The molecule has 0 saturated carbocycles. The van der Waals surface area contributed by atoms with Gasteiger partial charge in [0.25, 0.3) is 11.8 Å². The first-order valence-electron chi connectivity index (χ1n) is 7.90. The molecule has 0 atom stereocenters. The summed E-state index contributed by atoms with van der Waals surface area (Å²) in [7, 11) is 0. The summed E-state index contributed by atoms with van der Waals surface area (Å²) in [6.45, 7) is 0. The summed E-state index contributed by atoms with van der Waals surface area (Å²) in [5.41, 5.74) is 1.01. The number of rotatable bonds is 4. The van der Waals surface area contributed by atoms with Crippen molar-refractivity contribution >= 4 is 40.1 Å². The van der Waals surface area contributed by atoms with Crippen LogP contribution in [0.4, 0.5) is 15.8 Å². The number of carbonyl (C=O) groups is 2. The van der Waals surface area contributed by atoms with E-state index in [1.54, 1.807) is 30.3 Å². The molecule has 2 aromatic carbocycles. The number of halogens is 1. The predicted octanol–water partition coefficient (Wildman–Crippen LogP) is 4.28. The van der Waals surface area contributed by atoms with E-state index in [0.29, 0.717) is 10.6 Å². The van der Waals surface area contributed by atoms with Gasteiger partial charge in [0.2, 0.25) is 0 Å². The largest absolute Gasteiger partial charge is 0.350 e. The highest BCUT2D eigenvalue weighted by Gasteiger charge is 2.41. The van der Waals surface area contributed by atoms with E-state index in [2.05, 4.69) is 5.32 Å². The lowest BCUT2D eigenvalue weighted by Crippen LogP contribution is -2.33. The fourth-order valence-electron chi connectivity index (χ4n) is 2.81. The van der Waals surface area contributed by atoms with Gasteiger partial charge in [0.15, 0.2) is 0 Å². The molecule has 4 rings (SSSR count). The number of para-hydroxylation sites is 2. The lowest BCUT2D eigenvalue weighted by Gasteiger charge is -2.16. The molecule has 2 heterocycles. The Hall–Kier alpha value is -3.25. The van der Waals surface area contributed by atoms with Crippen molar-refractivity contribution in [3.05, 3.63) is 88.5 Å². The van der Waals surface area contributed by atoms with Gasteiger partial charge in [-0.2, -0.15) is 0 Å². The minimum atomic E-state index is -0.624. The third-order valence-corrected chi connectivity index (χ3v) is 4.88. The molecule has 0 unspecified atom stereocenters. The minimum absolute atomic E-state index is 0.0542. The smallest absolute Gasteiger partial charge is 0.282 e. The Balaban J connectivity index is 1.82. The standard InChI is InChI=1S/C20H13FN2O2S/c21-14-9-4-5-10-15(14)23-19(24)17(16-11-6-12-26-16)18(20(23)25)22-13-7-2-1-3-8-13/h1-12,22H. The first-order chi connectivity index (χ1) is 12.7. The third-order valence-electron chi connectivity index (χ3n) is 3.99. The van der Waals surface area contributed by atoms with E-state index >= 15 is 0 Å². The molecular formula is C20H13FN2O2S. The number of hydrogen-bond acceptors (Lipinski definition) is 4. The molecule has 0 saturated heterocycles. The van der Waals surface area contributed by atoms with Crippen molar-refractivity contribution in [1.29, 1.82) is 0 Å². The highest BCUT2D eigenvalue weighted by molar-refractivity contribution is 7.11. The van der Waals surface area contributed by atoms with Crippen LogP contribution in [0.2, 0.25) is 0 Å². The predicted molar refractivity (Wildman–Crippen MR) is 100 cm³/mol. The maximum atomic E-state index is 14.2. The van der Waals surface area contributed by atoms with Gasteiger partial charge in [-0.25, -0.2) is 9.29 Å². The molecule has 128 valence electrons. The number of nitrogens with zero attached hydrogens (tertiary/aromatic N) is 1. The van der Waals surface area contributed by atoms with E-state index in [1.807, 2.05) is 23.6 Å². The lowest BCUT2D eigenvalue weighted by molar-refractivity contribution is -0.120. The van der Waals surface area contributed by atoms with E-state index in [-0.39, 0.29) is 17.0 Å². The van der Waals surface area contributed by atoms with Gasteiger partial charge in [-0.15, -0.1) is 11.3 Å². The first-order valence-corrected chi connectivity index (χ1v) is 8.78. The average Bonchev–Trinajstić information content (AvgIpc) is 3.25. The van der Waals surface area contributed by atoms with Crippen molar-refractivity contribution in [3.63, 3.8) is 0 Å². The van der Waals surface area contributed by atoms with Gasteiger partial charge in [0.1, 0.15) is 11.5 Å². The quantitative estimate of drug-likeness (QED) is 0.703. The van der Waals surface area contributed by atoms with E-state index in [4.69, 9.17) is 0 Å². The van der Waals surface area contributed by atoms with Crippen LogP contribution in [0.3, 0.4) is 0 Å². The van der Waals surface area contributed by atoms with Gasteiger partial charge in [-0.3, -0.25) is 9.59 Å². The number of thiophene rings is 1. The highest BCUT2D eigenvalue weighted by atomic mass is 32.1. The summed E-state index contributed by atoms with van der Waals surface area (Å²) in [5.74, 6) is -1.74. The molecule has 1 aliphatic heterocycles. The molecule has 0 aliphatic carbocycles. The van der Waals surface area contributed by atoms with Crippen LogP contribution in [0.25, 0.3) is 5.57 Å². The molecule has 26 heavy (non-hydrogen) atoms. The van der Waals surface area contributed by atoms with E-state index in [9.17, 15) is 14.0 Å². The van der Waals surface area contributed by atoms with Crippen molar-refractivity contribution in [2.45, 2.75) is 0 Å². The second-order valence-corrected chi connectivity index (χ2v) is 6.56. The number of benzene rings is 2. The zero-order valence-corrected chi connectivity index (χ0v) is 14.3. The molecule has 2 amide bonds. The lowest BCUT2D eigenvalue weighted by atomic mass is 10.2. The van der Waals surface area contributed by atoms with Crippen LogP contribution in [-0.2, 0) is 9.59 Å². The molecule has 0 radical (unpaired) electrons. The van der Waals surface area contributed by atoms with Gasteiger partial charge in [-0.05, 0) is 35.7 Å². The number of anilines is 2. The first kappa shape index (κ1) is 16.2. The average molecular weight is 364 g/mol. The second kappa shape index (κ2) is 6.57. The van der Waals surface area contributed by atoms with Crippen molar-refractivity contribution < 1.29 is 14.0 Å². The molecule has 0 fully saturated rings. The van der Waals surface area contributed by atoms with E-state index in [0.717, 1.165) is 4.90 Å². The summed E-state index contributed by atoms with van der Waals surface area (Å²) in [5, 5.41) is 4.86. The Morgan fingerprint density at radius 3 is 2.27 bits per heavy atom. The SMILES string of the molecule is O=C1C(Nc2ccccc2)=C(c2cccs2)C(=O)N1c1ccccc1F. The number of carbonyl (C=O) groups excluding carboxylic acids is 2. The molecule has 4 nitrogen and oxygen atoms in total. The van der Waals surface area contributed by atoms with Crippen molar-refractivity contribution in [1.82, 2.24) is 0 Å². The summed E-state index contributed by atoms with van der Waals surface area (Å²) >= 11 is 1.35. The summed E-state index contributed by atoms with van der Waals surface area (Å²) < 4.78 is 14.2. The Labute approximate surface area is 153 Å². The number of amides is 2. The van der Waals surface area contributed by atoms with Gasteiger partial charge in [-0.1, -0.05) is 36.4 Å². The molecule has 3 aromatic rings.